The van der Waals surface area contributed by atoms with Crippen molar-refractivity contribution in [3.63, 3.8) is 0 Å². The fourth-order valence-electron chi connectivity index (χ4n) is 4.59. The molecule has 0 bridgehead atoms. The van der Waals surface area contributed by atoms with E-state index in [-0.39, 0.29) is 36.0 Å². The summed E-state index contributed by atoms with van der Waals surface area (Å²) in [6.45, 7) is 4.94. The maximum Gasteiger partial charge on any atom is 0.274 e. The van der Waals surface area contributed by atoms with Gasteiger partial charge in [-0.15, -0.1) is 0 Å². The molecule has 1 aliphatic carbocycles. The molecule has 1 atom stereocenters. The Morgan fingerprint density at radius 3 is 2.43 bits per heavy atom. The predicted octanol–water partition coefficient (Wildman–Crippen LogP) is 0.564. The van der Waals surface area contributed by atoms with Gasteiger partial charge in [-0.05, 0) is 26.8 Å². The monoisotopic (exact) mass is 416 g/mol. The standard InChI is InChI=1S/C21H32N6O3/c1-21(20(30)22-15-7-5-4-6-8-15)14-27-17(19(29)25(21)3)13-16(23-27)18(28)26-11-9-24(2)10-12-26/h13,15H,4-12,14H2,1-3H3,(H,22,30). The lowest BCUT2D eigenvalue weighted by Crippen LogP contribution is -2.63. The Kier molecular flexibility index (Phi) is 5.57. The molecule has 9 heteroatoms. The van der Waals surface area contributed by atoms with E-state index in [9.17, 15) is 14.4 Å². The lowest BCUT2D eigenvalue weighted by molar-refractivity contribution is -0.133. The summed E-state index contributed by atoms with van der Waals surface area (Å²) in [5.74, 6) is -0.598. The van der Waals surface area contributed by atoms with Crippen molar-refractivity contribution >= 4 is 17.7 Å². The van der Waals surface area contributed by atoms with Crippen molar-refractivity contribution in [2.75, 3.05) is 40.3 Å². The summed E-state index contributed by atoms with van der Waals surface area (Å²) < 4.78 is 1.53. The van der Waals surface area contributed by atoms with Crippen LogP contribution in [0.15, 0.2) is 6.07 Å². The third-order valence-electron chi connectivity index (χ3n) is 6.94. The second kappa shape index (κ2) is 8.02. The number of piperazine rings is 1. The zero-order valence-corrected chi connectivity index (χ0v) is 18.2. The van der Waals surface area contributed by atoms with Crippen LogP contribution in [0.2, 0.25) is 0 Å². The molecule has 2 fully saturated rings. The van der Waals surface area contributed by atoms with E-state index in [2.05, 4.69) is 15.3 Å². The lowest BCUT2D eigenvalue weighted by Gasteiger charge is -2.41. The lowest BCUT2D eigenvalue weighted by atomic mass is 9.92. The van der Waals surface area contributed by atoms with Gasteiger partial charge in [-0.2, -0.15) is 5.10 Å². The summed E-state index contributed by atoms with van der Waals surface area (Å²) in [6.07, 6.45) is 5.42. The summed E-state index contributed by atoms with van der Waals surface area (Å²) in [6, 6.07) is 1.73. The van der Waals surface area contributed by atoms with E-state index in [4.69, 9.17) is 0 Å². The smallest absolute Gasteiger partial charge is 0.274 e. The molecule has 164 valence electrons. The number of fused-ring (bicyclic) bond motifs is 1. The van der Waals surface area contributed by atoms with Gasteiger partial charge in [0.05, 0.1) is 6.54 Å². The van der Waals surface area contributed by atoms with Crippen molar-refractivity contribution < 1.29 is 14.4 Å². The summed E-state index contributed by atoms with van der Waals surface area (Å²) >= 11 is 0. The fraction of sp³-hybridized carbons (Fsp3) is 0.714. The molecular weight excluding hydrogens is 384 g/mol. The highest BCUT2D eigenvalue weighted by atomic mass is 16.2. The Morgan fingerprint density at radius 2 is 1.77 bits per heavy atom. The SMILES string of the molecule is CN1CCN(C(=O)c2cc3n(n2)CC(C)(C(=O)NC2CCCCC2)N(C)C3=O)CC1. The summed E-state index contributed by atoms with van der Waals surface area (Å²) in [5, 5.41) is 7.58. The minimum absolute atomic E-state index is 0.154. The number of amides is 3. The van der Waals surface area contributed by atoms with E-state index in [1.807, 2.05) is 7.05 Å². The number of hydrogen-bond acceptors (Lipinski definition) is 5. The molecule has 9 nitrogen and oxygen atoms in total. The molecule has 3 heterocycles. The maximum atomic E-state index is 13.1. The summed E-state index contributed by atoms with van der Waals surface area (Å²) in [4.78, 5) is 44.5. The molecule has 3 amide bonds. The number of rotatable bonds is 3. The average molecular weight is 417 g/mol. The van der Waals surface area contributed by atoms with Crippen LogP contribution in [0.4, 0.5) is 0 Å². The first-order valence-electron chi connectivity index (χ1n) is 10.9. The second-order valence-electron chi connectivity index (χ2n) is 9.11. The molecule has 4 rings (SSSR count). The topological polar surface area (TPSA) is 90.8 Å². The second-order valence-corrected chi connectivity index (χ2v) is 9.11. The van der Waals surface area contributed by atoms with Crippen LogP contribution in [0.1, 0.15) is 60.0 Å². The van der Waals surface area contributed by atoms with Gasteiger partial charge >= 0.3 is 0 Å². The van der Waals surface area contributed by atoms with E-state index in [0.29, 0.717) is 18.8 Å². The Balaban J connectivity index is 1.52. The minimum Gasteiger partial charge on any atom is -0.351 e. The fourth-order valence-corrected chi connectivity index (χ4v) is 4.59. The quantitative estimate of drug-likeness (QED) is 0.778. The van der Waals surface area contributed by atoms with Gasteiger partial charge in [-0.3, -0.25) is 19.1 Å². The van der Waals surface area contributed by atoms with Crippen LogP contribution in [0.5, 0.6) is 0 Å². The van der Waals surface area contributed by atoms with Crippen molar-refractivity contribution in [1.29, 1.82) is 0 Å². The molecule has 0 spiro atoms. The summed E-state index contributed by atoms with van der Waals surface area (Å²) in [5.41, 5.74) is -0.409. The highest BCUT2D eigenvalue weighted by molar-refractivity contribution is 6.01. The number of aromatic nitrogens is 2. The van der Waals surface area contributed by atoms with Crippen LogP contribution in [0.3, 0.4) is 0 Å². The minimum atomic E-state index is -1.04. The molecule has 0 radical (unpaired) electrons. The van der Waals surface area contributed by atoms with Crippen molar-refractivity contribution in [3.8, 4) is 0 Å². The van der Waals surface area contributed by atoms with Crippen molar-refractivity contribution in [2.24, 2.45) is 0 Å². The predicted molar refractivity (Wildman–Crippen MR) is 111 cm³/mol. The van der Waals surface area contributed by atoms with Gasteiger partial charge in [0.1, 0.15) is 11.2 Å². The number of nitrogens with one attached hydrogen (secondary N) is 1. The van der Waals surface area contributed by atoms with E-state index in [1.165, 1.54) is 16.0 Å². The first-order chi connectivity index (χ1) is 14.3. The Labute approximate surface area is 177 Å². The first kappa shape index (κ1) is 20.8. The van der Waals surface area contributed by atoms with E-state index in [0.717, 1.165) is 38.8 Å². The first-order valence-corrected chi connectivity index (χ1v) is 10.9. The highest BCUT2D eigenvalue weighted by Crippen LogP contribution is 2.27. The molecular formula is C21H32N6O3. The molecule has 1 unspecified atom stereocenters. The van der Waals surface area contributed by atoms with Gasteiger partial charge in [0.15, 0.2) is 5.69 Å². The van der Waals surface area contributed by atoms with Crippen LogP contribution >= 0.6 is 0 Å². The molecule has 1 N–H and O–H groups in total. The average Bonchev–Trinajstić information content (AvgIpc) is 3.16. The largest absolute Gasteiger partial charge is 0.351 e. The zero-order chi connectivity index (χ0) is 21.5. The van der Waals surface area contributed by atoms with E-state index < -0.39 is 5.54 Å². The highest BCUT2D eigenvalue weighted by Gasteiger charge is 2.47. The van der Waals surface area contributed by atoms with E-state index >= 15 is 0 Å². The van der Waals surface area contributed by atoms with Crippen LogP contribution in [-0.4, -0.2) is 94.1 Å². The van der Waals surface area contributed by atoms with Gasteiger partial charge in [0, 0.05) is 45.3 Å². The summed E-state index contributed by atoms with van der Waals surface area (Å²) in [7, 11) is 3.69. The number of likely N-dealkylation sites (N-methyl/N-ethyl adjacent to an activating group) is 2. The number of hydrogen-bond donors (Lipinski definition) is 1. The Hall–Kier alpha value is -2.42. The maximum absolute atomic E-state index is 13.1. The van der Waals surface area contributed by atoms with Gasteiger partial charge in [-0.25, -0.2) is 0 Å². The molecule has 2 aliphatic heterocycles. The van der Waals surface area contributed by atoms with Crippen molar-refractivity contribution in [2.45, 2.75) is 57.2 Å². The molecule has 1 aromatic heterocycles. The van der Waals surface area contributed by atoms with Crippen LogP contribution < -0.4 is 5.32 Å². The molecule has 3 aliphatic rings. The number of carbonyl (C=O) groups excluding carboxylic acids is 3. The van der Waals surface area contributed by atoms with Crippen molar-refractivity contribution in [3.05, 3.63) is 17.5 Å². The molecule has 1 aromatic rings. The zero-order valence-electron chi connectivity index (χ0n) is 18.2. The van der Waals surface area contributed by atoms with Crippen LogP contribution in [0, 0.1) is 0 Å². The van der Waals surface area contributed by atoms with Gasteiger partial charge in [0.2, 0.25) is 5.91 Å². The van der Waals surface area contributed by atoms with Gasteiger partial charge in [0.25, 0.3) is 11.8 Å². The number of carbonyl (C=O) groups is 3. The van der Waals surface area contributed by atoms with Crippen LogP contribution in [-0.2, 0) is 11.3 Å². The Bertz CT molecular complexity index is 838. The third-order valence-corrected chi connectivity index (χ3v) is 6.94. The van der Waals surface area contributed by atoms with Gasteiger partial charge in [-0.1, -0.05) is 19.3 Å². The molecule has 1 saturated carbocycles. The van der Waals surface area contributed by atoms with E-state index in [1.54, 1.807) is 24.9 Å². The third kappa shape index (κ3) is 3.71. The molecule has 1 saturated heterocycles. The number of nitrogens with zero attached hydrogens (tertiary/aromatic N) is 5. The Morgan fingerprint density at radius 1 is 1.10 bits per heavy atom. The molecule has 30 heavy (non-hydrogen) atoms. The normalized spacial score (nSPS) is 25.9. The molecule has 0 aromatic carbocycles. The van der Waals surface area contributed by atoms with Crippen LogP contribution in [0.25, 0.3) is 0 Å². The van der Waals surface area contributed by atoms with Gasteiger partial charge < -0.3 is 20.0 Å². The van der Waals surface area contributed by atoms with Crippen molar-refractivity contribution in [1.82, 2.24) is 29.8 Å².